The zero-order valence-corrected chi connectivity index (χ0v) is 11.6. The molecule has 0 saturated heterocycles. The van der Waals surface area contributed by atoms with Crippen molar-refractivity contribution in [1.82, 2.24) is 10.1 Å². The van der Waals surface area contributed by atoms with Crippen molar-refractivity contribution in [3.05, 3.63) is 40.9 Å². The number of nitrogens with two attached hydrogens (primary N) is 1. The quantitative estimate of drug-likeness (QED) is 0.781. The molecule has 4 nitrogen and oxygen atoms in total. The second-order valence-electron chi connectivity index (χ2n) is 4.90. The van der Waals surface area contributed by atoms with Crippen molar-refractivity contribution in [1.29, 1.82) is 0 Å². The number of nitrogens with zero attached hydrogens (tertiary/aromatic N) is 2. The minimum Gasteiger partial charge on any atom is -0.367 e. The minimum absolute atomic E-state index is 0.326. The van der Waals surface area contributed by atoms with Crippen LogP contribution in [0.25, 0.3) is 21.8 Å². The molecular formula is C15H13N3OS. The summed E-state index contributed by atoms with van der Waals surface area (Å²) >= 11 is 1.79. The summed E-state index contributed by atoms with van der Waals surface area (Å²) < 4.78 is 5.20. The monoisotopic (exact) mass is 283 g/mol. The molecule has 0 aromatic carbocycles. The molecule has 4 rings (SSSR count). The number of hydrogen-bond acceptors (Lipinski definition) is 5. The average Bonchev–Trinajstić information content (AvgIpc) is 3.12. The number of pyridine rings is 1. The van der Waals surface area contributed by atoms with Gasteiger partial charge in [0.1, 0.15) is 5.69 Å². The standard InChI is InChI=1S/C15H13N3OS/c16-15-13(10-5-1-2-7-17-10)14(18-19-15)12-8-9-4-3-6-11(9)20-12/h1-2,5,7-8H,3-4,6,16H2. The fraction of sp³-hybridized carbons (Fsp3) is 0.200. The summed E-state index contributed by atoms with van der Waals surface area (Å²) in [6.07, 6.45) is 5.35. The van der Waals surface area contributed by atoms with Gasteiger partial charge in [-0.3, -0.25) is 4.98 Å². The van der Waals surface area contributed by atoms with Crippen LogP contribution in [0.3, 0.4) is 0 Å². The molecule has 5 heteroatoms. The molecule has 2 N–H and O–H groups in total. The van der Waals surface area contributed by atoms with Gasteiger partial charge in [0.2, 0.25) is 5.88 Å². The molecule has 0 aliphatic heterocycles. The summed E-state index contributed by atoms with van der Waals surface area (Å²) in [6, 6.07) is 7.96. The SMILES string of the molecule is Nc1onc(-c2cc3c(s2)CCC3)c1-c1ccccn1. The van der Waals surface area contributed by atoms with E-state index in [9.17, 15) is 0 Å². The van der Waals surface area contributed by atoms with Crippen molar-refractivity contribution in [3.8, 4) is 21.8 Å². The van der Waals surface area contributed by atoms with Crippen molar-refractivity contribution < 1.29 is 4.52 Å². The molecule has 0 bridgehead atoms. The Labute approximate surface area is 120 Å². The predicted octanol–water partition coefficient (Wildman–Crippen LogP) is 3.54. The molecule has 0 atom stereocenters. The van der Waals surface area contributed by atoms with Crippen molar-refractivity contribution >= 4 is 17.2 Å². The normalized spacial score (nSPS) is 13.6. The van der Waals surface area contributed by atoms with E-state index in [2.05, 4.69) is 16.2 Å². The van der Waals surface area contributed by atoms with Crippen LogP contribution in [0, 0.1) is 0 Å². The molecule has 0 spiro atoms. The predicted molar refractivity (Wildman–Crippen MR) is 79.5 cm³/mol. The van der Waals surface area contributed by atoms with E-state index in [0.29, 0.717) is 5.88 Å². The molecule has 3 heterocycles. The Hall–Kier alpha value is -2.14. The Morgan fingerprint density at radius 2 is 2.20 bits per heavy atom. The van der Waals surface area contributed by atoms with E-state index in [0.717, 1.165) is 28.2 Å². The lowest BCUT2D eigenvalue weighted by molar-refractivity contribution is 0.439. The van der Waals surface area contributed by atoms with Gasteiger partial charge in [-0.25, -0.2) is 0 Å². The number of hydrogen-bond donors (Lipinski definition) is 1. The fourth-order valence-electron chi connectivity index (χ4n) is 2.67. The Morgan fingerprint density at radius 1 is 1.25 bits per heavy atom. The smallest absolute Gasteiger partial charge is 0.232 e. The molecule has 0 unspecified atom stereocenters. The van der Waals surface area contributed by atoms with Crippen LogP contribution in [-0.2, 0) is 12.8 Å². The number of thiophene rings is 1. The molecule has 100 valence electrons. The average molecular weight is 283 g/mol. The fourth-order valence-corrected chi connectivity index (χ4v) is 3.92. The van der Waals surface area contributed by atoms with Gasteiger partial charge < -0.3 is 10.3 Å². The number of rotatable bonds is 2. The van der Waals surface area contributed by atoms with E-state index < -0.39 is 0 Å². The number of nitrogen functional groups attached to an aromatic ring is 1. The minimum atomic E-state index is 0.326. The molecular weight excluding hydrogens is 270 g/mol. The zero-order valence-electron chi connectivity index (χ0n) is 10.8. The molecule has 0 amide bonds. The van der Waals surface area contributed by atoms with Crippen LogP contribution in [0.1, 0.15) is 16.9 Å². The number of aryl methyl sites for hydroxylation is 2. The third-order valence-corrected chi connectivity index (χ3v) is 4.86. The van der Waals surface area contributed by atoms with Crippen LogP contribution in [0.15, 0.2) is 35.0 Å². The van der Waals surface area contributed by atoms with Crippen LogP contribution in [0.4, 0.5) is 5.88 Å². The Kier molecular flexibility index (Phi) is 2.60. The third kappa shape index (κ3) is 1.74. The third-order valence-electron chi connectivity index (χ3n) is 3.62. The lowest BCUT2D eigenvalue weighted by atomic mass is 10.1. The first-order valence-electron chi connectivity index (χ1n) is 6.61. The second kappa shape index (κ2) is 4.45. The van der Waals surface area contributed by atoms with Crippen molar-refractivity contribution in [2.24, 2.45) is 0 Å². The highest BCUT2D eigenvalue weighted by Crippen LogP contribution is 2.41. The van der Waals surface area contributed by atoms with Gasteiger partial charge >= 0.3 is 0 Å². The highest BCUT2D eigenvalue weighted by molar-refractivity contribution is 7.15. The van der Waals surface area contributed by atoms with E-state index in [1.165, 1.54) is 23.3 Å². The van der Waals surface area contributed by atoms with E-state index in [1.807, 2.05) is 18.2 Å². The van der Waals surface area contributed by atoms with Crippen molar-refractivity contribution in [2.45, 2.75) is 19.3 Å². The van der Waals surface area contributed by atoms with Crippen LogP contribution >= 0.6 is 11.3 Å². The van der Waals surface area contributed by atoms with E-state index in [-0.39, 0.29) is 0 Å². The first kappa shape index (κ1) is 11.7. The van der Waals surface area contributed by atoms with Gasteiger partial charge in [0.25, 0.3) is 0 Å². The topological polar surface area (TPSA) is 64.9 Å². The summed E-state index contributed by atoms with van der Waals surface area (Å²) in [7, 11) is 0. The molecule has 3 aromatic heterocycles. The van der Waals surface area contributed by atoms with Crippen LogP contribution < -0.4 is 5.73 Å². The van der Waals surface area contributed by atoms with Gasteiger partial charge in [0.05, 0.1) is 16.1 Å². The molecule has 20 heavy (non-hydrogen) atoms. The van der Waals surface area contributed by atoms with Crippen LogP contribution in [0.5, 0.6) is 0 Å². The van der Waals surface area contributed by atoms with Gasteiger partial charge in [0, 0.05) is 11.1 Å². The Balaban J connectivity index is 1.87. The van der Waals surface area contributed by atoms with Gasteiger partial charge in [-0.1, -0.05) is 11.2 Å². The Morgan fingerprint density at radius 3 is 3.00 bits per heavy atom. The number of fused-ring (bicyclic) bond motifs is 1. The van der Waals surface area contributed by atoms with Gasteiger partial charge in [-0.2, -0.15) is 0 Å². The first-order valence-corrected chi connectivity index (χ1v) is 7.43. The largest absolute Gasteiger partial charge is 0.367 e. The van der Waals surface area contributed by atoms with Gasteiger partial charge in [-0.15, -0.1) is 11.3 Å². The summed E-state index contributed by atoms with van der Waals surface area (Å²) in [6.45, 7) is 0. The highest BCUT2D eigenvalue weighted by atomic mass is 32.1. The van der Waals surface area contributed by atoms with Crippen LogP contribution in [0.2, 0.25) is 0 Å². The molecule has 0 saturated carbocycles. The van der Waals surface area contributed by atoms with Crippen molar-refractivity contribution in [3.63, 3.8) is 0 Å². The van der Waals surface area contributed by atoms with E-state index in [4.69, 9.17) is 10.3 Å². The maximum atomic E-state index is 5.94. The number of aromatic nitrogens is 2. The molecule has 1 aliphatic carbocycles. The summed E-state index contributed by atoms with van der Waals surface area (Å²) in [5.74, 6) is 0.326. The summed E-state index contributed by atoms with van der Waals surface area (Å²) in [5.41, 5.74) is 9.78. The summed E-state index contributed by atoms with van der Waals surface area (Å²) in [5, 5.41) is 4.15. The lowest BCUT2D eigenvalue weighted by Crippen LogP contribution is -1.89. The summed E-state index contributed by atoms with van der Waals surface area (Å²) in [4.78, 5) is 6.94. The zero-order chi connectivity index (χ0) is 13.5. The second-order valence-corrected chi connectivity index (χ2v) is 6.03. The molecule has 0 radical (unpaired) electrons. The lowest BCUT2D eigenvalue weighted by Gasteiger charge is -1.99. The number of anilines is 1. The molecule has 1 aliphatic rings. The van der Waals surface area contributed by atoms with E-state index in [1.54, 1.807) is 17.5 Å². The maximum Gasteiger partial charge on any atom is 0.232 e. The van der Waals surface area contributed by atoms with Gasteiger partial charge in [-0.05, 0) is 43.0 Å². The maximum absolute atomic E-state index is 5.94. The van der Waals surface area contributed by atoms with E-state index >= 15 is 0 Å². The van der Waals surface area contributed by atoms with Crippen LogP contribution in [-0.4, -0.2) is 10.1 Å². The van der Waals surface area contributed by atoms with Gasteiger partial charge in [0.15, 0.2) is 0 Å². The first-order chi connectivity index (χ1) is 9.83. The highest BCUT2D eigenvalue weighted by Gasteiger charge is 2.22. The molecule has 0 fully saturated rings. The van der Waals surface area contributed by atoms with Crippen molar-refractivity contribution in [2.75, 3.05) is 5.73 Å². The Bertz CT molecular complexity index is 739. The molecule has 3 aromatic rings.